The number of ether oxygens (including phenoxy) is 2. The molecule has 2 rings (SSSR count). The highest BCUT2D eigenvalue weighted by molar-refractivity contribution is 8.01. The second-order valence-corrected chi connectivity index (χ2v) is 11.9. The van der Waals surface area contributed by atoms with Gasteiger partial charge >= 0.3 is 13.6 Å². The molecule has 3 unspecified atom stereocenters. The van der Waals surface area contributed by atoms with Crippen molar-refractivity contribution in [1.29, 1.82) is 0 Å². The lowest BCUT2D eigenvalue weighted by molar-refractivity contribution is -0.143. The number of ketones is 1. The molecule has 2 aromatic carbocycles. The molecule has 37 heavy (non-hydrogen) atoms. The Bertz CT molecular complexity index is 1050. The van der Waals surface area contributed by atoms with Gasteiger partial charge < -0.3 is 18.5 Å². The minimum atomic E-state index is -3.97. The van der Waals surface area contributed by atoms with Crippen molar-refractivity contribution in [2.24, 2.45) is 5.92 Å². The molecule has 0 radical (unpaired) electrons. The quantitative estimate of drug-likeness (QED) is 0.136. The summed E-state index contributed by atoms with van der Waals surface area (Å²) in [4.78, 5) is 27.0. The van der Waals surface area contributed by atoms with Gasteiger partial charge in [-0.15, -0.1) is 11.8 Å². The van der Waals surface area contributed by atoms with Gasteiger partial charge in [0, 0.05) is 10.8 Å². The van der Waals surface area contributed by atoms with Crippen LogP contribution < -0.4 is 4.74 Å². The van der Waals surface area contributed by atoms with E-state index in [4.69, 9.17) is 18.5 Å². The normalized spacial score (nSPS) is 14.2. The molecule has 10 heteroatoms. The molecule has 0 N–H and O–H groups in total. The van der Waals surface area contributed by atoms with Gasteiger partial charge in [0.25, 0.3) is 0 Å². The largest absolute Gasteiger partial charge is 0.497 e. The van der Waals surface area contributed by atoms with Crippen molar-refractivity contribution in [1.82, 2.24) is 0 Å². The van der Waals surface area contributed by atoms with E-state index < -0.39 is 35.5 Å². The van der Waals surface area contributed by atoms with E-state index in [9.17, 15) is 18.5 Å². The first-order chi connectivity index (χ1) is 17.6. The Labute approximate surface area is 222 Å². The lowest BCUT2D eigenvalue weighted by Gasteiger charge is -2.34. The monoisotopic (exact) mass is 554 g/mol. The molecule has 0 fully saturated rings. The second-order valence-electron chi connectivity index (χ2n) is 8.44. The van der Waals surface area contributed by atoms with E-state index in [0.717, 1.165) is 0 Å². The Balaban J connectivity index is 2.63. The molecule has 2 aromatic rings. The number of esters is 1. The molecule has 0 spiro atoms. The summed E-state index contributed by atoms with van der Waals surface area (Å²) < 4.78 is 49.3. The predicted molar refractivity (Wildman–Crippen MR) is 144 cm³/mol. The molecule has 0 saturated heterocycles. The zero-order valence-corrected chi connectivity index (χ0v) is 23.9. The summed E-state index contributed by atoms with van der Waals surface area (Å²) in [5.74, 6) is -1.06. The summed E-state index contributed by atoms with van der Waals surface area (Å²) in [6.45, 7) is 8.97. The number of hydrogen-bond donors (Lipinski definition) is 0. The number of hydrogen-bond acceptors (Lipinski definition) is 8. The predicted octanol–water partition coefficient (Wildman–Crippen LogP) is 6.71. The van der Waals surface area contributed by atoms with Crippen molar-refractivity contribution in [2.45, 2.75) is 50.8 Å². The van der Waals surface area contributed by atoms with Gasteiger partial charge in [-0.1, -0.05) is 26.0 Å². The van der Waals surface area contributed by atoms with Crippen molar-refractivity contribution in [3.05, 3.63) is 65.5 Å². The molecule has 0 bridgehead atoms. The van der Waals surface area contributed by atoms with Crippen molar-refractivity contribution in [2.75, 3.05) is 26.9 Å². The minimum absolute atomic E-state index is 0.0685. The average Bonchev–Trinajstić information content (AvgIpc) is 2.86. The van der Waals surface area contributed by atoms with Crippen molar-refractivity contribution in [3.63, 3.8) is 0 Å². The molecule has 0 aliphatic rings. The molecule has 0 amide bonds. The highest BCUT2D eigenvalue weighted by Gasteiger charge is 2.50. The first-order valence-electron chi connectivity index (χ1n) is 12.3. The third-order valence-corrected chi connectivity index (χ3v) is 10.1. The number of rotatable bonds is 15. The summed E-state index contributed by atoms with van der Waals surface area (Å²) in [7, 11) is -2.43. The van der Waals surface area contributed by atoms with Crippen LogP contribution in [0.4, 0.5) is 4.39 Å². The van der Waals surface area contributed by atoms with E-state index in [1.807, 2.05) is 13.8 Å². The average molecular weight is 555 g/mol. The molecular formula is C27H36FO7PS. The molecular weight excluding hydrogens is 518 g/mol. The zero-order chi connectivity index (χ0) is 27.6. The van der Waals surface area contributed by atoms with Crippen molar-refractivity contribution < 1.29 is 37.1 Å². The Morgan fingerprint density at radius 3 is 1.95 bits per heavy atom. The van der Waals surface area contributed by atoms with E-state index in [-0.39, 0.29) is 31.5 Å². The van der Waals surface area contributed by atoms with Gasteiger partial charge in [0.15, 0.2) is 11.4 Å². The number of benzene rings is 2. The fraction of sp³-hybridized carbons (Fsp3) is 0.481. The van der Waals surface area contributed by atoms with Crippen LogP contribution in [0.25, 0.3) is 0 Å². The standard InChI is InChI=1S/C27H36FO7PS/c1-7-33-27(30)24(36(31,34-8-2)35-9-3)25(18(4)5)37-26(20-12-16-22(32-6)17-13-20)23(29)19-10-14-21(28)15-11-19/h10-18,24-26H,7-9H2,1-6H3. The van der Waals surface area contributed by atoms with Gasteiger partial charge in [-0.3, -0.25) is 14.2 Å². The molecule has 0 heterocycles. The second kappa shape index (κ2) is 14.7. The van der Waals surface area contributed by atoms with E-state index in [1.165, 1.54) is 36.0 Å². The van der Waals surface area contributed by atoms with Gasteiger partial charge in [0.05, 0.1) is 32.2 Å². The van der Waals surface area contributed by atoms with Crippen LogP contribution in [0.1, 0.15) is 55.8 Å². The van der Waals surface area contributed by atoms with E-state index in [1.54, 1.807) is 52.1 Å². The van der Waals surface area contributed by atoms with Crippen LogP contribution in [-0.4, -0.2) is 49.6 Å². The van der Waals surface area contributed by atoms with Gasteiger partial charge in [0.1, 0.15) is 11.6 Å². The molecule has 204 valence electrons. The molecule has 0 aliphatic carbocycles. The summed E-state index contributed by atoms with van der Waals surface area (Å²) >= 11 is 1.20. The number of carbonyl (C=O) groups excluding carboxylic acids is 2. The zero-order valence-electron chi connectivity index (χ0n) is 22.1. The first kappa shape index (κ1) is 31.0. The summed E-state index contributed by atoms with van der Waals surface area (Å²) in [6, 6.07) is 12.3. The Kier molecular flexibility index (Phi) is 12.3. The lowest BCUT2D eigenvalue weighted by Crippen LogP contribution is -2.39. The van der Waals surface area contributed by atoms with Crippen LogP contribution in [-0.2, 0) is 23.1 Å². The van der Waals surface area contributed by atoms with Crippen LogP contribution in [0.5, 0.6) is 5.75 Å². The molecule has 3 atom stereocenters. The Morgan fingerprint density at radius 2 is 1.49 bits per heavy atom. The van der Waals surface area contributed by atoms with Crippen molar-refractivity contribution >= 4 is 31.1 Å². The number of halogens is 1. The minimum Gasteiger partial charge on any atom is -0.497 e. The maximum atomic E-state index is 14.0. The fourth-order valence-electron chi connectivity index (χ4n) is 3.82. The summed E-state index contributed by atoms with van der Waals surface area (Å²) in [5.41, 5.74) is -0.308. The van der Waals surface area contributed by atoms with Gasteiger partial charge in [0.2, 0.25) is 0 Å². The van der Waals surface area contributed by atoms with Crippen LogP contribution in [0.3, 0.4) is 0 Å². The third-order valence-electron chi connectivity index (χ3n) is 5.53. The number of methoxy groups -OCH3 is 1. The van der Waals surface area contributed by atoms with E-state index in [2.05, 4.69) is 0 Å². The van der Waals surface area contributed by atoms with E-state index in [0.29, 0.717) is 16.9 Å². The topological polar surface area (TPSA) is 88.1 Å². The lowest BCUT2D eigenvalue weighted by atomic mass is 10.0. The number of carbonyl (C=O) groups is 2. The molecule has 0 saturated carbocycles. The Morgan fingerprint density at radius 1 is 0.919 bits per heavy atom. The maximum absolute atomic E-state index is 14.0. The highest BCUT2D eigenvalue weighted by atomic mass is 32.2. The number of thioether (sulfide) groups is 1. The van der Waals surface area contributed by atoms with Gasteiger partial charge in [-0.25, -0.2) is 4.39 Å². The molecule has 0 aliphatic heterocycles. The molecule has 7 nitrogen and oxygen atoms in total. The summed E-state index contributed by atoms with van der Waals surface area (Å²) in [6.07, 6.45) is 0. The highest BCUT2D eigenvalue weighted by Crippen LogP contribution is 2.58. The van der Waals surface area contributed by atoms with Crippen LogP contribution in [0, 0.1) is 11.7 Å². The first-order valence-corrected chi connectivity index (χ1v) is 14.8. The van der Waals surface area contributed by atoms with Gasteiger partial charge in [-0.2, -0.15) is 0 Å². The van der Waals surface area contributed by atoms with E-state index >= 15 is 0 Å². The number of Topliss-reactive ketones (excluding diaryl/α,β-unsaturated/α-hetero) is 1. The van der Waals surface area contributed by atoms with Crippen LogP contribution in [0.15, 0.2) is 48.5 Å². The van der Waals surface area contributed by atoms with Gasteiger partial charge in [-0.05, 0) is 68.7 Å². The third kappa shape index (κ3) is 8.14. The summed E-state index contributed by atoms with van der Waals surface area (Å²) in [5, 5.41) is -1.49. The maximum Gasteiger partial charge on any atom is 0.346 e. The smallest absolute Gasteiger partial charge is 0.346 e. The molecule has 0 aromatic heterocycles. The fourth-order valence-corrected chi connectivity index (χ4v) is 8.09. The Hall–Kier alpha value is -2.19. The van der Waals surface area contributed by atoms with Crippen LogP contribution in [0.2, 0.25) is 0 Å². The van der Waals surface area contributed by atoms with Crippen LogP contribution >= 0.6 is 19.4 Å². The SMILES string of the molecule is CCOC(=O)C(C(SC(C(=O)c1ccc(F)cc1)c1ccc(OC)cc1)C(C)C)P(=O)(OCC)OCC. The van der Waals surface area contributed by atoms with Crippen molar-refractivity contribution in [3.8, 4) is 5.75 Å².